The maximum atomic E-state index is 12.4. The Bertz CT molecular complexity index is 630. The SMILES string of the molecule is COC(=O)[C@H](c1ccc(Cl)cc1)N1CCN(C[C@@H](O)COC[C@@H]2CCCO2)CC1. The molecule has 7 nitrogen and oxygen atoms in total. The van der Waals surface area contributed by atoms with Crippen LogP contribution in [-0.4, -0.2) is 92.7 Å². The van der Waals surface area contributed by atoms with Crippen LogP contribution in [0.4, 0.5) is 0 Å². The molecule has 0 bridgehead atoms. The molecule has 8 heteroatoms. The van der Waals surface area contributed by atoms with E-state index in [1.165, 1.54) is 7.11 Å². The second kappa shape index (κ2) is 11.2. The number of rotatable bonds is 9. The van der Waals surface area contributed by atoms with Gasteiger partial charge in [-0.3, -0.25) is 9.80 Å². The monoisotopic (exact) mass is 426 g/mol. The highest BCUT2D eigenvalue weighted by Crippen LogP contribution is 2.25. The zero-order valence-corrected chi connectivity index (χ0v) is 17.7. The first-order chi connectivity index (χ1) is 14.1. The summed E-state index contributed by atoms with van der Waals surface area (Å²) in [7, 11) is 1.41. The Morgan fingerprint density at radius 1 is 1.28 bits per heavy atom. The number of β-amino-alcohol motifs (C(OH)–C–C–N with tert-alkyl or cyclic N) is 1. The molecule has 0 spiro atoms. The van der Waals surface area contributed by atoms with Crippen LogP contribution in [0.25, 0.3) is 0 Å². The number of piperazine rings is 1. The molecule has 2 heterocycles. The summed E-state index contributed by atoms with van der Waals surface area (Å²) in [5.41, 5.74) is 0.872. The van der Waals surface area contributed by atoms with E-state index in [9.17, 15) is 9.90 Å². The molecule has 0 radical (unpaired) electrons. The summed E-state index contributed by atoms with van der Waals surface area (Å²) in [6.07, 6.45) is 1.76. The number of nitrogens with zero attached hydrogens (tertiary/aromatic N) is 2. The number of aliphatic hydroxyl groups excluding tert-OH is 1. The standard InChI is InChI=1S/C21H31ClN2O5/c1-27-21(26)20(16-4-6-17(22)7-5-16)24-10-8-23(9-11-24)13-18(25)14-28-15-19-3-2-12-29-19/h4-7,18-20,25H,2-3,8-15H2,1H3/t18-,19+,20+/m1/s1. The summed E-state index contributed by atoms with van der Waals surface area (Å²) in [5.74, 6) is -0.275. The van der Waals surface area contributed by atoms with Crippen LogP contribution in [0.1, 0.15) is 24.4 Å². The highest BCUT2D eigenvalue weighted by molar-refractivity contribution is 6.30. The van der Waals surface area contributed by atoms with Gasteiger partial charge in [0, 0.05) is 44.4 Å². The van der Waals surface area contributed by atoms with E-state index in [1.54, 1.807) is 12.1 Å². The normalized spacial score (nSPS) is 23.1. The second-order valence-corrected chi connectivity index (χ2v) is 8.08. The molecule has 3 atom stereocenters. The molecule has 0 aliphatic carbocycles. The Morgan fingerprint density at radius 2 is 2.00 bits per heavy atom. The fourth-order valence-corrected chi connectivity index (χ4v) is 4.04. The van der Waals surface area contributed by atoms with Crippen molar-refractivity contribution in [3.8, 4) is 0 Å². The molecular weight excluding hydrogens is 396 g/mol. The molecule has 0 unspecified atom stereocenters. The van der Waals surface area contributed by atoms with E-state index in [0.29, 0.717) is 37.9 Å². The molecular formula is C21H31ClN2O5. The lowest BCUT2D eigenvalue weighted by Gasteiger charge is -2.38. The quantitative estimate of drug-likeness (QED) is 0.603. The molecule has 29 heavy (non-hydrogen) atoms. The Labute approximate surface area is 177 Å². The lowest BCUT2D eigenvalue weighted by molar-refractivity contribution is -0.148. The fraction of sp³-hybridized carbons (Fsp3) is 0.667. The van der Waals surface area contributed by atoms with Crippen molar-refractivity contribution in [1.82, 2.24) is 9.80 Å². The number of hydrogen-bond acceptors (Lipinski definition) is 7. The number of benzene rings is 1. The van der Waals surface area contributed by atoms with Crippen LogP contribution in [0, 0.1) is 0 Å². The summed E-state index contributed by atoms with van der Waals surface area (Å²) < 4.78 is 16.2. The molecule has 1 N–H and O–H groups in total. The van der Waals surface area contributed by atoms with E-state index in [1.807, 2.05) is 12.1 Å². The van der Waals surface area contributed by atoms with Crippen LogP contribution < -0.4 is 0 Å². The predicted molar refractivity (Wildman–Crippen MR) is 110 cm³/mol. The van der Waals surface area contributed by atoms with Gasteiger partial charge >= 0.3 is 5.97 Å². The molecule has 1 aromatic carbocycles. The van der Waals surface area contributed by atoms with Gasteiger partial charge in [-0.05, 0) is 30.5 Å². The number of halogens is 1. The third-order valence-electron chi connectivity index (χ3n) is 5.49. The van der Waals surface area contributed by atoms with Gasteiger partial charge in [-0.25, -0.2) is 4.79 Å². The molecule has 162 valence electrons. The third kappa shape index (κ3) is 6.64. The van der Waals surface area contributed by atoms with Gasteiger partial charge < -0.3 is 19.3 Å². The van der Waals surface area contributed by atoms with Crippen LogP contribution in [0.5, 0.6) is 0 Å². The van der Waals surface area contributed by atoms with E-state index >= 15 is 0 Å². The van der Waals surface area contributed by atoms with Crippen molar-refractivity contribution in [3.05, 3.63) is 34.9 Å². The average Bonchev–Trinajstić information content (AvgIpc) is 3.24. The van der Waals surface area contributed by atoms with Crippen molar-refractivity contribution in [1.29, 1.82) is 0 Å². The zero-order chi connectivity index (χ0) is 20.6. The highest BCUT2D eigenvalue weighted by Gasteiger charge is 2.31. The number of ether oxygens (including phenoxy) is 3. The lowest BCUT2D eigenvalue weighted by Crippen LogP contribution is -2.51. The molecule has 0 aromatic heterocycles. The topological polar surface area (TPSA) is 71.5 Å². The maximum Gasteiger partial charge on any atom is 0.327 e. The smallest absolute Gasteiger partial charge is 0.327 e. The Balaban J connectivity index is 1.45. The zero-order valence-electron chi connectivity index (χ0n) is 17.0. The molecule has 3 rings (SSSR count). The molecule has 2 aliphatic heterocycles. The molecule has 1 aromatic rings. The molecule has 0 saturated carbocycles. The number of carbonyl (C=O) groups is 1. The van der Waals surface area contributed by atoms with Gasteiger partial charge in [0.25, 0.3) is 0 Å². The summed E-state index contributed by atoms with van der Waals surface area (Å²) in [6, 6.07) is 6.86. The van der Waals surface area contributed by atoms with E-state index in [2.05, 4.69) is 9.80 Å². The largest absolute Gasteiger partial charge is 0.468 e. The Morgan fingerprint density at radius 3 is 2.62 bits per heavy atom. The van der Waals surface area contributed by atoms with Crippen molar-refractivity contribution in [2.24, 2.45) is 0 Å². The first-order valence-corrected chi connectivity index (χ1v) is 10.6. The van der Waals surface area contributed by atoms with E-state index in [4.69, 9.17) is 25.8 Å². The highest BCUT2D eigenvalue weighted by atomic mass is 35.5. The summed E-state index contributed by atoms with van der Waals surface area (Å²) in [4.78, 5) is 16.7. The van der Waals surface area contributed by atoms with Gasteiger partial charge in [0.05, 0.1) is 32.5 Å². The summed E-state index contributed by atoms with van der Waals surface area (Å²) in [6.45, 7) is 5.19. The fourth-order valence-electron chi connectivity index (χ4n) is 3.92. The number of aliphatic hydroxyl groups is 1. The third-order valence-corrected chi connectivity index (χ3v) is 5.74. The van der Waals surface area contributed by atoms with Crippen molar-refractivity contribution < 1.29 is 24.1 Å². The molecule has 2 saturated heterocycles. The van der Waals surface area contributed by atoms with E-state index in [-0.39, 0.29) is 12.1 Å². The van der Waals surface area contributed by atoms with Crippen LogP contribution in [0.2, 0.25) is 5.02 Å². The number of esters is 1. The minimum Gasteiger partial charge on any atom is -0.468 e. The number of hydrogen-bond donors (Lipinski definition) is 1. The van der Waals surface area contributed by atoms with Crippen molar-refractivity contribution in [2.45, 2.75) is 31.1 Å². The predicted octanol–water partition coefficient (Wildman–Crippen LogP) is 1.73. The molecule has 0 amide bonds. The summed E-state index contributed by atoms with van der Waals surface area (Å²) in [5, 5.41) is 10.9. The lowest BCUT2D eigenvalue weighted by atomic mass is 10.0. The van der Waals surface area contributed by atoms with Gasteiger partial charge in [-0.15, -0.1) is 0 Å². The van der Waals surface area contributed by atoms with Gasteiger partial charge in [0.2, 0.25) is 0 Å². The van der Waals surface area contributed by atoms with Gasteiger partial charge in [0.15, 0.2) is 0 Å². The summed E-state index contributed by atoms with van der Waals surface area (Å²) >= 11 is 5.98. The van der Waals surface area contributed by atoms with E-state index in [0.717, 1.165) is 38.1 Å². The Hall–Kier alpha value is -1.22. The van der Waals surface area contributed by atoms with Gasteiger partial charge in [-0.1, -0.05) is 23.7 Å². The maximum absolute atomic E-state index is 12.4. The van der Waals surface area contributed by atoms with E-state index < -0.39 is 12.1 Å². The van der Waals surface area contributed by atoms with Crippen molar-refractivity contribution in [3.63, 3.8) is 0 Å². The van der Waals surface area contributed by atoms with Crippen molar-refractivity contribution in [2.75, 3.05) is 59.7 Å². The first-order valence-electron chi connectivity index (χ1n) is 10.2. The number of carbonyl (C=O) groups excluding carboxylic acids is 1. The van der Waals surface area contributed by atoms with Gasteiger partial charge in [-0.2, -0.15) is 0 Å². The Kier molecular flexibility index (Phi) is 8.71. The van der Waals surface area contributed by atoms with Crippen LogP contribution in [0.15, 0.2) is 24.3 Å². The van der Waals surface area contributed by atoms with Gasteiger partial charge in [0.1, 0.15) is 6.04 Å². The first kappa shape index (κ1) is 22.5. The molecule has 2 fully saturated rings. The second-order valence-electron chi connectivity index (χ2n) is 7.64. The minimum absolute atomic E-state index is 0.175. The number of methoxy groups -OCH3 is 1. The van der Waals surface area contributed by atoms with Crippen molar-refractivity contribution >= 4 is 17.6 Å². The minimum atomic E-state index is -0.532. The molecule has 2 aliphatic rings. The average molecular weight is 427 g/mol. The van der Waals surface area contributed by atoms with Crippen LogP contribution >= 0.6 is 11.6 Å². The van der Waals surface area contributed by atoms with Crippen LogP contribution in [-0.2, 0) is 19.0 Å². The van der Waals surface area contributed by atoms with Crippen LogP contribution in [0.3, 0.4) is 0 Å².